The number of rotatable bonds is 24. The highest BCUT2D eigenvalue weighted by Crippen LogP contribution is 2.42. The Labute approximate surface area is 207 Å². The van der Waals surface area contributed by atoms with Crippen molar-refractivity contribution in [1.29, 1.82) is 0 Å². The lowest BCUT2D eigenvalue weighted by Crippen LogP contribution is -2.43. The summed E-state index contributed by atoms with van der Waals surface area (Å²) in [6.07, 6.45) is 16.9. The second-order valence-electron chi connectivity index (χ2n) is 8.91. The fourth-order valence-corrected chi connectivity index (χ4v) is 5.91. The molecule has 0 aliphatic heterocycles. The Morgan fingerprint density at radius 2 is 1.39 bits per heavy atom. The van der Waals surface area contributed by atoms with E-state index in [1.54, 1.807) is 18.7 Å². The van der Waals surface area contributed by atoms with Gasteiger partial charge in [0.2, 0.25) is 0 Å². The minimum atomic E-state index is -2.90. The van der Waals surface area contributed by atoms with Crippen LogP contribution in [-0.4, -0.2) is 45.4 Å². The number of thioether (sulfide) groups is 1. The molecule has 0 spiro atoms. The van der Waals surface area contributed by atoms with Crippen LogP contribution in [0.15, 0.2) is 0 Å². The summed E-state index contributed by atoms with van der Waals surface area (Å²) in [5.41, 5.74) is -2.82. The summed E-state index contributed by atoms with van der Waals surface area (Å²) in [4.78, 5) is 11.7. The van der Waals surface area contributed by atoms with E-state index < -0.39 is 25.6 Å². The molecule has 0 fully saturated rings. The van der Waals surface area contributed by atoms with Gasteiger partial charge in [-0.1, -0.05) is 97.8 Å². The average Bonchev–Trinajstić information content (AvgIpc) is 2.79. The minimum Gasteiger partial charge on any atom is -0.474 e. The van der Waals surface area contributed by atoms with Gasteiger partial charge in [-0.15, -0.1) is 4.52 Å². The van der Waals surface area contributed by atoms with Crippen molar-refractivity contribution in [2.24, 2.45) is 0 Å². The van der Waals surface area contributed by atoms with E-state index in [0.717, 1.165) is 37.9 Å². The molecule has 2 N–H and O–H groups in total. The maximum Gasteiger partial charge on any atom is 0.589 e. The van der Waals surface area contributed by atoms with Crippen LogP contribution in [0.4, 0.5) is 0 Å². The molecule has 0 aromatic rings. The van der Waals surface area contributed by atoms with Gasteiger partial charge in [0, 0.05) is 5.25 Å². The molecule has 0 aliphatic carbocycles. The zero-order valence-corrected chi connectivity index (χ0v) is 23.3. The van der Waals surface area contributed by atoms with Crippen LogP contribution in [0.2, 0.25) is 0 Å². The van der Waals surface area contributed by atoms with Crippen LogP contribution in [0.3, 0.4) is 0 Å². The molecule has 0 heterocycles. The molecule has 0 aromatic heterocycles. The first-order chi connectivity index (χ1) is 15.8. The number of aliphatic carboxylic acids is 1. The fourth-order valence-electron chi connectivity index (χ4n) is 3.64. The summed E-state index contributed by atoms with van der Waals surface area (Å²) >= 11 is 1.78. The van der Waals surface area contributed by atoms with E-state index >= 15 is 0 Å². The Morgan fingerprint density at radius 3 is 1.91 bits per heavy atom. The summed E-state index contributed by atoms with van der Waals surface area (Å²) in [5.74, 6) is -0.688. The summed E-state index contributed by atoms with van der Waals surface area (Å²) in [6, 6.07) is 0. The molecule has 0 radical (unpaired) electrons. The highest BCUT2D eigenvalue weighted by molar-refractivity contribution is 7.99. The van der Waals surface area contributed by atoms with Crippen LogP contribution in [0.1, 0.15) is 124 Å². The van der Waals surface area contributed by atoms with E-state index in [2.05, 4.69) is 13.8 Å². The lowest BCUT2D eigenvalue weighted by molar-refractivity contribution is -0.203. The molecule has 0 aromatic carbocycles. The van der Waals surface area contributed by atoms with Crippen molar-refractivity contribution in [3.8, 4) is 0 Å². The molecule has 4 unspecified atom stereocenters. The predicted octanol–water partition coefficient (Wildman–Crippen LogP) is 7.89. The van der Waals surface area contributed by atoms with Gasteiger partial charge in [-0.2, -0.15) is 11.8 Å². The second kappa shape index (κ2) is 21.1. The minimum absolute atomic E-state index is 0.0383. The zero-order valence-electron chi connectivity index (χ0n) is 21.6. The largest absolute Gasteiger partial charge is 0.589 e. The van der Waals surface area contributed by atoms with Crippen LogP contribution in [-0.2, 0) is 18.6 Å². The lowest BCUT2D eigenvalue weighted by atomic mass is 10.1. The van der Waals surface area contributed by atoms with E-state index in [1.807, 2.05) is 6.92 Å². The van der Waals surface area contributed by atoms with Gasteiger partial charge in [0.05, 0.1) is 6.10 Å². The third kappa shape index (κ3) is 15.4. The van der Waals surface area contributed by atoms with Gasteiger partial charge in [-0.05, 0) is 36.5 Å². The Morgan fingerprint density at radius 1 is 0.879 bits per heavy atom. The Hall–Kier alpha value is -0.200. The molecule has 4 atom stereocenters. The fraction of sp³-hybridized carbons (Fsp3) is 0.960. The Kier molecular flexibility index (Phi) is 21.0. The summed E-state index contributed by atoms with van der Waals surface area (Å²) < 4.78 is 22.9. The first-order valence-corrected chi connectivity index (χ1v) is 15.4. The molecule has 0 bridgehead atoms. The number of carboxylic acid groups (broad SMARTS) is 1. The monoisotopic (exact) mass is 509 g/mol. The van der Waals surface area contributed by atoms with Crippen LogP contribution < -0.4 is 0 Å². The molecule has 0 rings (SSSR count). The van der Waals surface area contributed by atoms with Crippen LogP contribution >= 0.6 is 19.8 Å². The van der Waals surface area contributed by atoms with Gasteiger partial charge < -0.3 is 10.2 Å². The Bertz CT molecular complexity index is 507. The average molecular weight is 510 g/mol. The molecular weight excluding hydrogens is 459 g/mol. The lowest BCUT2D eigenvalue weighted by Gasteiger charge is -2.26. The van der Waals surface area contributed by atoms with Gasteiger partial charge >= 0.3 is 19.5 Å². The van der Waals surface area contributed by atoms with Crippen LogP contribution in [0, 0.1) is 0 Å². The summed E-state index contributed by atoms with van der Waals surface area (Å²) in [6.45, 7) is 8.10. The zero-order chi connectivity index (χ0) is 25.0. The number of aliphatic hydroxyl groups is 1. The van der Waals surface area contributed by atoms with Crippen molar-refractivity contribution in [3.63, 3.8) is 0 Å². The van der Waals surface area contributed by atoms with Crippen LogP contribution in [0.5, 0.6) is 0 Å². The van der Waals surface area contributed by atoms with E-state index in [1.165, 1.54) is 57.8 Å². The molecule has 0 saturated heterocycles. The van der Waals surface area contributed by atoms with E-state index in [4.69, 9.17) is 9.26 Å². The molecular formula is C25H50O6PS+. The number of hydrogen-bond acceptors (Lipinski definition) is 6. The van der Waals surface area contributed by atoms with E-state index in [-0.39, 0.29) is 11.9 Å². The molecule has 0 saturated carbocycles. The topological polar surface area (TPSA) is 93.1 Å². The molecule has 8 heteroatoms. The van der Waals surface area contributed by atoms with Gasteiger partial charge in [0.15, 0.2) is 0 Å². The predicted molar refractivity (Wildman–Crippen MR) is 139 cm³/mol. The van der Waals surface area contributed by atoms with Crippen molar-refractivity contribution in [1.82, 2.24) is 0 Å². The number of ether oxygens (including phenoxy) is 1. The summed E-state index contributed by atoms with van der Waals surface area (Å²) in [5, 5.41) is 20.1. The highest BCUT2D eigenvalue weighted by atomic mass is 32.2. The Balaban J connectivity index is 4.66. The maximum atomic E-state index is 12.3. The van der Waals surface area contributed by atoms with Crippen molar-refractivity contribution < 1.29 is 28.8 Å². The van der Waals surface area contributed by atoms with Gasteiger partial charge in [-0.3, -0.25) is 4.74 Å². The van der Waals surface area contributed by atoms with Crippen LogP contribution in [0.25, 0.3) is 0 Å². The second-order valence-corrected chi connectivity index (χ2v) is 11.6. The van der Waals surface area contributed by atoms with Crippen molar-refractivity contribution >= 4 is 25.8 Å². The number of unbranched alkanes of at least 4 members (excludes halogenated alkanes) is 11. The summed E-state index contributed by atoms with van der Waals surface area (Å²) in [7, 11) is -2.90. The van der Waals surface area contributed by atoms with Crippen molar-refractivity contribution in [2.45, 2.75) is 141 Å². The SMILES string of the molecule is CCCCCCCCCCCSC(CCCCCC)C(C)OC(O)(C(=O)O)[P+](=O)OCCC. The molecule has 0 aliphatic rings. The number of hydrogen-bond donors (Lipinski definition) is 2. The smallest absolute Gasteiger partial charge is 0.474 e. The quantitative estimate of drug-likeness (QED) is 0.0776. The number of carboxylic acids is 1. The molecule has 6 nitrogen and oxygen atoms in total. The molecule has 0 amide bonds. The maximum absolute atomic E-state index is 12.3. The van der Waals surface area contributed by atoms with Gasteiger partial charge in [0.1, 0.15) is 6.61 Å². The first kappa shape index (κ1) is 32.8. The van der Waals surface area contributed by atoms with Crippen molar-refractivity contribution in [3.05, 3.63) is 0 Å². The standard InChI is InChI=1S/C25H49O6PS/c1-5-8-10-12-13-14-15-16-18-21-33-23(19-17-11-9-6-2)22(4)31-25(28,24(26)27)32(29)30-20-7-3/h22-23,28H,5-21H2,1-4H3/p+1. The number of carbonyl (C=O) groups is 1. The molecule has 196 valence electrons. The van der Waals surface area contributed by atoms with Crippen molar-refractivity contribution in [2.75, 3.05) is 12.4 Å². The normalized spacial score (nSPS) is 15.7. The third-order valence-electron chi connectivity index (χ3n) is 5.73. The van der Waals surface area contributed by atoms with E-state index in [9.17, 15) is 19.6 Å². The third-order valence-corrected chi connectivity index (χ3v) is 8.51. The van der Waals surface area contributed by atoms with Gasteiger partial charge in [0.25, 0.3) is 0 Å². The molecule has 33 heavy (non-hydrogen) atoms. The van der Waals surface area contributed by atoms with Gasteiger partial charge in [-0.25, -0.2) is 4.79 Å². The first-order valence-electron chi connectivity index (χ1n) is 13.2. The highest BCUT2D eigenvalue weighted by Gasteiger charge is 2.61. The van der Waals surface area contributed by atoms with E-state index in [0.29, 0.717) is 6.42 Å².